The van der Waals surface area contributed by atoms with E-state index in [1.54, 1.807) is 4.90 Å². The lowest BCUT2D eigenvalue weighted by molar-refractivity contribution is -0.142. The third-order valence-electron chi connectivity index (χ3n) is 5.09. The van der Waals surface area contributed by atoms with Crippen LogP contribution in [0.25, 0.3) is 0 Å². The number of likely N-dealkylation sites (tertiary alicyclic amines) is 1. The molecule has 120 valence electrons. The fourth-order valence-electron chi connectivity index (χ4n) is 3.54. The molecule has 1 saturated carbocycles. The topological polar surface area (TPSA) is 69.6 Å². The second kappa shape index (κ2) is 6.90. The molecule has 1 heterocycles. The molecule has 0 aromatic rings. The van der Waals surface area contributed by atoms with Gasteiger partial charge >= 0.3 is 12.0 Å². The third kappa shape index (κ3) is 3.65. The number of rotatable bonds is 4. The number of thioether (sulfide) groups is 1. The molecule has 2 rings (SSSR count). The fraction of sp³-hybridized carbons (Fsp3) is 0.867. The number of hydrogen-bond acceptors (Lipinski definition) is 3. The molecule has 0 radical (unpaired) electrons. The Morgan fingerprint density at radius 3 is 2.52 bits per heavy atom. The van der Waals surface area contributed by atoms with Gasteiger partial charge in [-0.3, -0.25) is 4.79 Å². The van der Waals surface area contributed by atoms with E-state index in [-0.39, 0.29) is 16.8 Å². The normalized spacial score (nSPS) is 28.4. The Hall–Kier alpha value is -0.910. The van der Waals surface area contributed by atoms with Crippen LogP contribution in [0.3, 0.4) is 0 Å². The van der Waals surface area contributed by atoms with Crippen LogP contribution in [0.4, 0.5) is 4.79 Å². The Bertz CT molecular complexity index is 396. The molecule has 0 spiro atoms. The van der Waals surface area contributed by atoms with E-state index in [9.17, 15) is 9.59 Å². The van der Waals surface area contributed by atoms with Gasteiger partial charge in [0.1, 0.15) is 0 Å². The maximum Gasteiger partial charge on any atom is 0.317 e. The molecule has 0 aromatic carbocycles. The van der Waals surface area contributed by atoms with Crippen molar-refractivity contribution in [2.45, 2.75) is 56.2 Å². The van der Waals surface area contributed by atoms with E-state index in [0.29, 0.717) is 19.5 Å². The Morgan fingerprint density at radius 1 is 1.33 bits per heavy atom. The Kier molecular flexibility index (Phi) is 5.41. The van der Waals surface area contributed by atoms with Gasteiger partial charge in [0.2, 0.25) is 0 Å². The zero-order valence-corrected chi connectivity index (χ0v) is 13.7. The van der Waals surface area contributed by atoms with Crippen molar-refractivity contribution in [3.63, 3.8) is 0 Å². The lowest BCUT2D eigenvalue weighted by atomic mass is 9.88. The highest BCUT2D eigenvalue weighted by atomic mass is 32.2. The highest BCUT2D eigenvalue weighted by molar-refractivity contribution is 8.00. The Balaban J connectivity index is 1.88. The molecule has 5 nitrogen and oxygen atoms in total. The van der Waals surface area contributed by atoms with E-state index in [4.69, 9.17) is 5.11 Å². The molecule has 1 saturated heterocycles. The van der Waals surface area contributed by atoms with E-state index in [1.807, 2.05) is 18.7 Å². The Labute approximate surface area is 130 Å². The quantitative estimate of drug-likeness (QED) is 0.837. The first-order chi connectivity index (χ1) is 9.99. The van der Waals surface area contributed by atoms with Gasteiger partial charge < -0.3 is 15.3 Å². The van der Waals surface area contributed by atoms with Crippen LogP contribution in [0.1, 0.15) is 45.4 Å². The molecule has 0 aromatic heterocycles. The molecule has 2 fully saturated rings. The molecular formula is C15H26N2O3S. The van der Waals surface area contributed by atoms with Gasteiger partial charge in [-0.15, -0.1) is 0 Å². The maximum atomic E-state index is 12.3. The zero-order chi connectivity index (χ0) is 15.5. The first-order valence-corrected chi connectivity index (χ1v) is 9.04. The summed E-state index contributed by atoms with van der Waals surface area (Å²) >= 11 is 1.86. The number of carboxylic acid groups (broad SMARTS) is 1. The van der Waals surface area contributed by atoms with Gasteiger partial charge in [-0.1, -0.05) is 19.3 Å². The van der Waals surface area contributed by atoms with Crippen LogP contribution in [0, 0.1) is 5.92 Å². The molecule has 1 aliphatic carbocycles. The summed E-state index contributed by atoms with van der Waals surface area (Å²) in [6, 6.07) is -0.329. The molecule has 2 atom stereocenters. The number of carbonyl (C=O) groups excluding carboxylic acids is 1. The summed E-state index contributed by atoms with van der Waals surface area (Å²) in [4.78, 5) is 25.1. The van der Waals surface area contributed by atoms with Gasteiger partial charge in [-0.25, -0.2) is 4.79 Å². The van der Waals surface area contributed by atoms with Crippen LogP contribution >= 0.6 is 11.8 Å². The lowest BCUT2D eigenvalue weighted by Crippen LogP contribution is -2.49. The number of aliphatic carboxylic acids is 1. The molecule has 2 N–H and O–H groups in total. The van der Waals surface area contributed by atoms with Crippen molar-refractivity contribution in [1.29, 1.82) is 0 Å². The van der Waals surface area contributed by atoms with Crippen molar-refractivity contribution >= 4 is 23.8 Å². The van der Waals surface area contributed by atoms with E-state index in [0.717, 1.165) is 12.8 Å². The number of hydrogen-bond donors (Lipinski definition) is 2. The molecule has 21 heavy (non-hydrogen) atoms. The SMILES string of the molecule is CSC1(CNC(=O)N2CCC(C(=O)O)C2C)CCCCC1. The van der Waals surface area contributed by atoms with Crippen molar-refractivity contribution in [3.8, 4) is 0 Å². The first-order valence-electron chi connectivity index (χ1n) is 7.81. The number of urea groups is 1. The molecule has 1 aliphatic heterocycles. The minimum Gasteiger partial charge on any atom is -0.481 e. The largest absolute Gasteiger partial charge is 0.481 e. The van der Waals surface area contributed by atoms with Crippen molar-refractivity contribution in [3.05, 3.63) is 0 Å². The number of nitrogens with zero attached hydrogens (tertiary/aromatic N) is 1. The van der Waals surface area contributed by atoms with Crippen LogP contribution in [0.15, 0.2) is 0 Å². The van der Waals surface area contributed by atoms with Gasteiger partial charge in [0, 0.05) is 23.9 Å². The zero-order valence-electron chi connectivity index (χ0n) is 12.9. The standard InChI is InChI=1S/C15H26N2O3S/c1-11-12(13(18)19)6-9-17(11)14(20)16-10-15(21-2)7-4-3-5-8-15/h11-12H,3-10H2,1-2H3,(H,16,20)(H,18,19). The summed E-state index contributed by atoms with van der Waals surface area (Å²) in [7, 11) is 0. The van der Waals surface area contributed by atoms with Crippen molar-refractivity contribution < 1.29 is 14.7 Å². The average Bonchev–Trinajstić information content (AvgIpc) is 2.88. The second-order valence-electron chi connectivity index (χ2n) is 6.27. The summed E-state index contributed by atoms with van der Waals surface area (Å²) in [5, 5.41) is 12.2. The third-order valence-corrected chi connectivity index (χ3v) is 6.51. The van der Waals surface area contributed by atoms with Crippen molar-refractivity contribution in [2.24, 2.45) is 5.92 Å². The lowest BCUT2D eigenvalue weighted by Gasteiger charge is -2.36. The predicted molar refractivity (Wildman–Crippen MR) is 84.6 cm³/mol. The number of carbonyl (C=O) groups is 2. The summed E-state index contributed by atoms with van der Waals surface area (Å²) < 4.78 is 0.170. The maximum absolute atomic E-state index is 12.3. The van der Waals surface area contributed by atoms with Gasteiger partial charge in [-0.2, -0.15) is 11.8 Å². The van der Waals surface area contributed by atoms with Gasteiger partial charge in [0.15, 0.2) is 0 Å². The van der Waals surface area contributed by atoms with Crippen LogP contribution in [-0.2, 0) is 4.79 Å². The second-order valence-corrected chi connectivity index (χ2v) is 7.55. The Morgan fingerprint density at radius 2 is 2.00 bits per heavy atom. The first kappa shape index (κ1) is 16.5. The van der Waals surface area contributed by atoms with E-state index in [2.05, 4.69) is 11.6 Å². The average molecular weight is 314 g/mol. The molecule has 2 amide bonds. The number of carboxylic acids is 1. The van der Waals surface area contributed by atoms with Crippen LogP contribution in [-0.4, -0.2) is 52.1 Å². The predicted octanol–water partition coefficient (Wildman–Crippen LogP) is 2.56. The molecule has 2 unspecified atom stereocenters. The summed E-state index contributed by atoms with van der Waals surface area (Å²) in [5.74, 6) is -1.23. The minimum absolute atomic E-state index is 0.106. The summed E-state index contributed by atoms with van der Waals surface area (Å²) in [6.45, 7) is 3.06. The van der Waals surface area contributed by atoms with Crippen molar-refractivity contribution in [1.82, 2.24) is 10.2 Å². The highest BCUT2D eigenvalue weighted by Crippen LogP contribution is 2.38. The minimum atomic E-state index is -0.800. The molecular weight excluding hydrogens is 288 g/mol. The molecule has 2 aliphatic rings. The molecule has 6 heteroatoms. The van der Waals surface area contributed by atoms with Gasteiger partial charge in [0.25, 0.3) is 0 Å². The van der Waals surface area contributed by atoms with E-state index in [1.165, 1.54) is 19.3 Å². The van der Waals surface area contributed by atoms with Gasteiger partial charge in [-0.05, 0) is 32.4 Å². The van der Waals surface area contributed by atoms with E-state index >= 15 is 0 Å². The summed E-state index contributed by atoms with van der Waals surface area (Å²) in [6.07, 6.45) is 8.74. The molecule has 0 bridgehead atoms. The van der Waals surface area contributed by atoms with Crippen LogP contribution < -0.4 is 5.32 Å². The van der Waals surface area contributed by atoms with Crippen LogP contribution in [0.2, 0.25) is 0 Å². The van der Waals surface area contributed by atoms with Gasteiger partial charge in [0.05, 0.1) is 5.92 Å². The van der Waals surface area contributed by atoms with Crippen LogP contribution in [0.5, 0.6) is 0 Å². The fourth-order valence-corrected chi connectivity index (χ4v) is 4.46. The summed E-state index contributed by atoms with van der Waals surface area (Å²) in [5.41, 5.74) is 0. The monoisotopic (exact) mass is 314 g/mol. The highest BCUT2D eigenvalue weighted by Gasteiger charge is 2.39. The van der Waals surface area contributed by atoms with Crippen molar-refractivity contribution in [2.75, 3.05) is 19.3 Å². The smallest absolute Gasteiger partial charge is 0.317 e. The number of nitrogens with one attached hydrogen (secondary N) is 1. The number of amides is 2. The van der Waals surface area contributed by atoms with E-state index < -0.39 is 11.9 Å².